The number of benzene rings is 9. The Hall–Kier alpha value is -7.20. The SMILES string of the molecule is c1ccc(-c2ccc(-n3c4ccccc4c4cc5c(cc43)c3ccccc3n5-c3ccc4c(c3)[Si]3(c5ccccc5-c5ccccc53)c3ccccc3-4)cc2)cc1. The Labute approximate surface area is 331 Å². The average molecular weight is 739 g/mol. The fourth-order valence-corrected chi connectivity index (χ4v) is 16.3. The minimum Gasteiger partial charge on any atom is -0.309 e. The Morgan fingerprint density at radius 3 is 1.25 bits per heavy atom. The highest BCUT2D eigenvalue weighted by Crippen LogP contribution is 2.41. The summed E-state index contributed by atoms with van der Waals surface area (Å²) in [6, 6.07) is 77.4. The summed E-state index contributed by atoms with van der Waals surface area (Å²) in [5.74, 6) is 0. The van der Waals surface area contributed by atoms with Gasteiger partial charge in [0.1, 0.15) is 0 Å². The molecular formula is C54H34N2Si. The Kier molecular flexibility index (Phi) is 6.22. The van der Waals surface area contributed by atoms with E-state index in [2.05, 4.69) is 215 Å². The van der Waals surface area contributed by atoms with Crippen LogP contribution >= 0.6 is 0 Å². The first-order valence-corrected chi connectivity index (χ1v) is 21.9. The summed E-state index contributed by atoms with van der Waals surface area (Å²) in [4.78, 5) is 0. The van der Waals surface area contributed by atoms with Gasteiger partial charge in [0.05, 0.1) is 22.1 Å². The molecule has 11 aromatic rings. The van der Waals surface area contributed by atoms with Crippen LogP contribution in [0.2, 0.25) is 0 Å². The van der Waals surface area contributed by atoms with Crippen molar-refractivity contribution in [3.05, 3.63) is 206 Å². The Bertz CT molecular complexity index is 3400. The van der Waals surface area contributed by atoms with E-state index in [-0.39, 0.29) is 0 Å². The van der Waals surface area contributed by atoms with E-state index in [0.29, 0.717) is 0 Å². The highest BCUT2D eigenvalue weighted by molar-refractivity contribution is 7.24. The van der Waals surface area contributed by atoms with Gasteiger partial charge in [0.25, 0.3) is 0 Å². The third-order valence-corrected chi connectivity index (χ3v) is 17.9. The number of hydrogen-bond acceptors (Lipinski definition) is 0. The maximum atomic E-state index is 2.56. The highest BCUT2D eigenvalue weighted by Gasteiger charge is 2.53. The number of rotatable bonds is 3. The first-order valence-electron chi connectivity index (χ1n) is 19.9. The lowest BCUT2D eigenvalue weighted by Gasteiger charge is -2.28. The molecule has 0 bridgehead atoms. The summed E-state index contributed by atoms with van der Waals surface area (Å²) in [6.07, 6.45) is 0. The van der Waals surface area contributed by atoms with Gasteiger partial charge >= 0.3 is 0 Å². The van der Waals surface area contributed by atoms with Crippen LogP contribution in [0.5, 0.6) is 0 Å². The van der Waals surface area contributed by atoms with E-state index >= 15 is 0 Å². The van der Waals surface area contributed by atoms with Crippen LogP contribution in [0.1, 0.15) is 0 Å². The molecule has 0 N–H and O–H groups in total. The number of para-hydroxylation sites is 2. The first kappa shape index (κ1) is 31.0. The van der Waals surface area contributed by atoms with Crippen molar-refractivity contribution in [2.24, 2.45) is 0 Å². The van der Waals surface area contributed by atoms with Gasteiger partial charge in [0.2, 0.25) is 0 Å². The van der Waals surface area contributed by atoms with Gasteiger partial charge in [0.15, 0.2) is 8.07 Å². The van der Waals surface area contributed by atoms with Gasteiger partial charge in [-0.3, -0.25) is 0 Å². The molecule has 0 radical (unpaired) electrons. The molecule has 0 saturated heterocycles. The van der Waals surface area contributed by atoms with E-state index < -0.39 is 8.07 Å². The van der Waals surface area contributed by atoms with Crippen molar-refractivity contribution in [1.82, 2.24) is 9.13 Å². The van der Waals surface area contributed by atoms with Gasteiger partial charge in [-0.15, -0.1) is 0 Å². The van der Waals surface area contributed by atoms with Crippen molar-refractivity contribution in [3.63, 3.8) is 0 Å². The van der Waals surface area contributed by atoms with E-state index in [1.807, 2.05) is 0 Å². The van der Waals surface area contributed by atoms with E-state index in [0.717, 1.165) is 5.69 Å². The molecule has 3 heteroatoms. The number of hydrogen-bond donors (Lipinski definition) is 0. The molecule has 0 fully saturated rings. The largest absolute Gasteiger partial charge is 0.309 e. The summed E-state index contributed by atoms with van der Waals surface area (Å²) in [5, 5.41) is 11.0. The fourth-order valence-electron chi connectivity index (χ4n) is 10.6. The van der Waals surface area contributed by atoms with Crippen LogP contribution < -0.4 is 20.7 Å². The topological polar surface area (TPSA) is 9.86 Å². The van der Waals surface area contributed by atoms with Gasteiger partial charge in [-0.2, -0.15) is 0 Å². The van der Waals surface area contributed by atoms with E-state index in [1.54, 1.807) is 0 Å². The van der Waals surface area contributed by atoms with Gasteiger partial charge in [-0.1, -0.05) is 158 Å². The van der Waals surface area contributed by atoms with Gasteiger partial charge in [-0.25, -0.2) is 0 Å². The van der Waals surface area contributed by atoms with Gasteiger partial charge in [-0.05, 0) is 103 Å². The molecule has 0 atom stereocenters. The molecule has 0 unspecified atom stereocenters. The summed E-state index contributed by atoms with van der Waals surface area (Å²) in [6.45, 7) is 0. The molecular weight excluding hydrogens is 705 g/mol. The maximum absolute atomic E-state index is 2.59. The lowest BCUT2D eigenvalue weighted by atomic mass is 10.1. The number of nitrogens with zero attached hydrogens (tertiary/aromatic N) is 2. The van der Waals surface area contributed by atoms with Gasteiger partial charge < -0.3 is 9.13 Å². The van der Waals surface area contributed by atoms with Crippen LogP contribution in [0.15, 0.2) is 206 Å². The molecule has 4 heterocycles. The van der Waals surface area contributed by atoms with Crippen LogP contribution in [0.25, 0.3) is 88.4 Å². The molecule has 2 nitrogen and oxygen atoms in total. The normalized spacial score (nSPS) is 13.4. The average Bonchev–Trinajstić information content (AvgIpc) is 3.98. The minimum atomic E-state index is -2.59. The zero-order valence-corrected chi connectivity index (χ0v) is 32.0. The first-order chi connectivity index (χ1) is 28.3. The second-order valence-corrected chi connectivity index (χ2v) is 19.3. The summed E-state index contributed by atoms with van der Waals surface area (Å²) >= 11 is 0. The molecule has 2 aliphatic rings. The van der Waals surface area contributed by atoms with Crippen molar-refractivity contribution in [3.8, 4) is 44.8 Å². The summed E-state index contributed by atoms with van der Waals surface area (Å²) < 4.78 is 4.98. The minimum absolute atomic E-state index is 1.16. The highest BCUT2D eigenvalue weighted by atomic mass is 28.3. The standard InChI is InChI=1S/C54H34N2Si/c1-2-14-35(15-3-1)36-26-28-37(29-27-36)55-47-21-9-4-16-39(47)45-34-50-46(33-49(45)55)40-17-5-10-22-48(40)56(50)38-30-31-44-43-20-8-13-25-53(43)57(54(44)32-38)51-23-11-6-18-41(51)42-19-7-12-24-52(42)57/h1-34H. The molecule has 0 amide bonds. The molecule has 57 heavy (non-hydrogen) atoms. The Balaban J connectivity index is 1.08. The molecule has 0 aliphatic carbocycles. The van der Waals surface area contributed by atoms with Crippen LogP contribution in [-0.2, 0) is 0 Å². The van der Waals surface area contributed by atoms with Crippen molar-refractivity contribution in [2.45, 2.75) is 0 Å². The molecule has 1 spiro atoms. The van der Waals surface area contributed by atoms with Gasteiger partial charge in [0, 0.05) is 32.9 Å². The van der Waals surface area contributed by atoms with Crippen LogP contribution in [0.4, 0.5) is 0 Å². The molecule has 9 aromatic carbocycles. The Morgan fingerprint density at radius 1 is 0.263 bits per heavy atom. The van der Waals surface area contributed by atoms with Crippen molar-refractivity contribution in [2.75, 3.05) is 0 Å². The Morgan fingerprint density at radius 2 is 0.684 bits per heavy atom. The second kappa shape index (κ2) is 11.4. The summed E-state index contributed by atoms with van der Waals surface area (Å²) in [5.41, 5.74) is 15.2. The van der Waals surface area contributed by atoms with Crippen molar-refractivity contribution < 1.29 is 0 Å². The van der Waals surface area contributed by atoms with E-state index in [4.69, 9.17) is 0 Å². The predicted molar refractivity (Wildman–Crippen MR) is 242 cm³/mol. The summed E-state index contributed by atoms with van der Waals surface area (Å²) in [7, 11) is -2.59. The molecule has 0 saturated carbocycles. The molecule has 2 aromatic heterocycles. The third kappa shape index (κ3) is 4.03. The zero-order chi connectivity index (χ0) is 37.2. The third-order valence-electron chi connectivity index (χ3n) is 12.9. The quantitative estimate of drug-likeness (QED) is 0.160. The lowest BCUT2D eigenvalue weighted by Crippen LogP contribution is -2.70. The van der Waals surface area contributed by atoms with Crippen LogP contribution in [0, 0.1) is 0 Å². The number of fused-ring (bicyclic) bond motifs is 16. The molecule has 13 rings (SSSR count). The molecule has 264 valence electrons. The smallest absolute Gasteiger partial charge is 0.182 e. The van der Waals surface area contributed by atoms with E-state index in [1.165, 1.54) is 103 Å². The zero-order valence-electron chi connectivity index (χ0n) is 31.0. The predicted octanol–water partition coefficient (Wildman–Crippen LogP) is 10.9. The second-order valence-electron chi connectivity index (χ2n) is 15.6. The van der Waals surface area contributed by atoms with Crippen LogP contribution in [0.3, 0.4) is 0 Å². The molecule has 2 aliphatic heterocycles. The number of aromatic nitrogens is 2. The monoisotopic (exact) mass is 738 g/mol. The fraction of sp³-hybridized carbons (Fsp3) is 0. The lowest BCUT2D eigenvalue weighted by molar-refractivity contribution is 1.18. The van der Waals surface area contributed by atoms with Crippen molar-refractivity contribution in [1.29, 1.82) is 0 Å². The van der Waals surface area contributed by atoms with E-state index in [9.17, 15) is 0 Å². The maximum Gasteiger partial charge on any atom is 0.182 e. The van der Waals surface area contributed by atoms with Crippen LogP contribution in [-0.4, -0.2) is 17.2 Å². The van der Waals surface area contributed by atoms with Crippen molar-refractivity contribution >= 4 is 72.4 Å².